The topological polar surface area (TPSA) is 186 Å². The van der Waals surface area contributed by atoms with Crippen molar-refractivity contribution in [2.24, 2.45) is 5.92 Å². The molecule has 1 aliphatic carbocycles. The van der Waals surface area contributed by atoms with Gasteiger partial charge in [-0.25, -0.2) is 9.97 Å². The van der Waals surface area contributed by atoms with Gasteiger partial charge in [-0.2, -0.15) is 0 Å². The molecule has 0 radical (unpaired) electrons. The number of imide groups is 1. The van der Waals surface area contributed by atoms with Crippen molar-refractivity contribution in [3.05, 3.63) is 70.7 Å². The minimum absolute atomic E-state index is 0.0894. The number of aromatic nitrogens is 2. The Bertz CT molecular complexity index is 2280. The van der Waals surface area contributed by atoms with Crippen LogP contribution in [0.4, 0.5) is 17.2 Å². The quantitative estimate of drug-likeness (QED) is 0.0916. The van der Waals surface area contributed by atoms with E-state index in [2.05, 4.69) is 37.7 Å². The number of nitrogens with one attached hydrogen (secondary N) is 3. The van der Waals surface area contributed by atoms with Gasteiger partial charge in [-0.05, 0) is 82.2 Å². The Morgan fingerprint density at radius 3 is 2.61 bits per heavy atom. The third-order valence-corrected chi connectivity index (χ3v) is 13.7. The van der Waals surface area contributed by atoms with Crippen LogP contribution in [0.2, 0.25) is 0 Å². The van der Waals surface area contributed by atoms with Crippen LogP contribution in [0.5, 0.6) is 5.75 Å². The zero-order valence-electron chi connectivity index (χ0n) is 37.3. The third kappa shape index (κ3) is 9.67. The van der Waals surface area contributed by atoms with E-state index in [4.69, 9.17) is 9.72 Å². The normalized spacial score (nSPS) is 21.4. The van der Waals surface area contributed by atoms with E-state index in [1.54, 1.807) is 36.4 Å². The molecule has 8 rings (SSSR count). The van der Waals surface area contributed by atoms with Gasteiger partial charge in [-0.3, -0.25) is 34.1 Å². The van der Waals surface area contributed by atoms with Gasteiger partial charge in [0.2, 0.25) is 23.6 Å². The number of ether oxygens (including phenoxy) is 1. The van der Waals surface area contributed by atoms with E-state index < -0.39 is 11.9 Å². The van der Waals surface area contributed by atoms with E-state index in [0.29, 0.717) is 72.1 Å². The van der Waals surface area contributed by atoms with E-state index in [1.165, 1.54) is 4.90 Å². The number of amides is 5. The smallest absolute Gasteiger partial charge is 0.255 e. The van der Waals surface area contributed by atoms with Crippen LogP contribution in [0, 0.1) is 5.92 Å². The zero-order chi connectivity index (χ0) is 44.9. The summed E-state index contributed by atoms with van der Waals surface area (Å²) in [5.41, 5.74) is 4.01. The highest BCUT2D eigenvalue weighted by molar-refractivity contribution is 6.07. The number of rotatable bonds is 18. The molecule has 64 heavy (non-hydrogen) atoms. The highest BCUT2D eigenvalue weighted by atomic mass is 16.5. The van der Waals surface area contributed by atoms with Crippen molar-refractivity contribution in [1.29, 1.82) is 0 Å². The van der Waals surface area contributed by atoms with E-state index in [-0.39, 0.29) is 60.8 Å². The first kappa shape index (κ1) is 44.9. The van der Waals surface area contributed by atoms with Gasteiger partial charge in [-0.1, -0.05) is 38.0 Å². The summed E-state index contributed by atoms with van der Waals surface area (Å²) in [6, 6.07) is 10.2. The number of likely N-dealkylation sites (N-methyl/N-ethyl adjacent to an activating group) is 1. The molecule has 1 saturated carbocycles. The van der Waals surface area contributed by atoms with Gasteiger partial charge in [0, 0.05) is 92.9 Å². The van der Waals surface area contributed by atoms with Gasteiger partial charge in [0.25, 0.3) is 5.91 Å². The Labute approximate surface area is 374 Å². The Balaban J connectivity index is 0.748. The van der Waals surface area contributed by atoms with Crippen LogP contribution in [-0.4, -0.2) is 120 Å². The summed E-state index contributed by atoms with van der Waals surface area (Å²) in [5, 5.41) is 8.78. The Kier molecular flexibility index (Phi) is 14.0. The van der Waals surface area contributed by atoms with Crippen molar-refractivity contribution in [2.75, 3.05) is 62.0 Å². The lowest BCUT2D eigenvalue weighted by Crippen LogP contribution is -2.55. The predicted molar refractivity (Wildman–Crippen MR) is 241 cm³/mol. The maximum absolute atomic E-state index is 13.5. The number of ketones is 1. The zero-order valence-corrected chi connectivity index (χ0v) is 37.3. The second kappa shape index (κ2) is 20.0. The standard InChI is InChI=1S/C48H61N9O7/c1-4-37-48(63)54(2)39-27-50-42(52-45(39)57(37)33-10-5-6-11-33)26-32-16-15-31(25-41(32)64-3)40(58)24-30-19-22-55(28-30)23-21-49-20-8-7-14-43(59)51-36-13-9-12-34-35(36)29-56(47(34)62)38-17-18-44(60)53-46(38)61/h9,12-13,15-16,25,27,30,33,37-38,49H,4-8,10-11,14,17-24,26,28-29H2,1-3H3,(H,51,59)(H,53,60,61)/t30?,37-,38?/m1/s1. The number of nitrogens with zero attached hydrogens (tertiary/aromatic N) is 6. The maximum atomic E-state index is 13.5. The molecule has 5 aliphatic rings. The summed E-state index contributed by atoms with van der Waals surface area (Å²) in [5.74, 6) is 1.39. The van der Waals surface area contributed by atoms with Gasteiger partial charge in [-0.15, -0.1) is 0 Å². The van der Waals surface area contributed by atoms with Gasteiger partial charge < -0.3 is 35.0 Å². The third-order valence-electron chi connectivity index (χ3n) is 13.7. The van der Waals surface area contributed by atoms with Crippen LogP contribution in [0.1, 0.15) is 122 Å². The average molecular weight is 876 g/mol. The molecule has 340 valence electrons. The molecule has 16 nitrogen and oxygen atoms in total. The molecule has 5 heterocycles. The molecule has 0 spiro atoms. The van der Waals surface area contributed by atoms with Crippen molar-refractivity contribution in [3.8, 4) is 5.75 Å². The summed E-state index contributed by atoms with van der Waals surface area (Å²) < 4.78 is 5.80. The van der Waals surface area contributed by atoms with Gasteiger partial charge in [0.1, 0.15) is 29.3 Å². The fourth-order valence-corrected chi connectivity index (χ4v) is 10.2. The number of unbranched alkanes of at least 4 members (excludes halogenated alkanes) is 1. The molecular formula is C48H61N9O7. The summed E-state index contributed by atoms with van der Waals surface area (Å²) in [4.78, 5) is 94.5. The lowest BCUT2D eigenvalue weighted by Gasteiger charge is -2.43. The van der Waals surface area contributed by atoms with Gasteiger partial charge in [0.05, 0.1) is 13.3 Å². The predicted octanol–water partition coefficient (Wildman–Crippen LogP) is 4.63. The van der Waals surface area contributed by atoms with Crippen LogP contribution in [-0.2, 0) is 32.1 Å². The van der Waals surface area contributed by atoms with Gasteiger partial charge in [0.15, 0.2) is 11.6 Å². The van der Waals surface area contributed by atoms with E-state index >= 15 is 0 Å². The van der Waals surface area contributed by atoms with Crippen LogP contribution in [0.3, 0.4) is 0 Å². The van der Waals surface area contributed by atoms with Gasteiger partial charge >= 0.3 is 0 Å². The number of hydrogen-bond donors (Lipinski definition) is 3. The number of benzene rings is 2. The first-order chi connectivity index (χ1) is 31.0. The number of likely N-dealkylation sites (tertiary alicyclic amines) is 1. The first-order valence-electron chi connectivity index (χ1n) is 23.1. The van der Waals surface area contributed by atoms with Crippen LogP contribution in [0.25, 0.3) is 0 Å². The molecule has 3 atom stereocenters. The number of carbonyl (C=O) groups excluding carboxylic acids is 6. The molecule has 2 unspecified atom stereocenters. The van der Waals surface area contributed by atoms with Crippen molar-refractivity contribution >= 4 is 52.5 Å². The molecule has 1 aromatic heterocycles. The fraction of sp³-hybridized carbons (Fsp3) is 0.542. The minimum Gasteiger partial charge on any atom is -0.496 e. The largest absolute Gasteiger partial charge is 0.496 e. The molecule has 2 aromatic carbocycles. The van der Waals surface area contributed by atoms with E-state index in [1.807, 2.05) is 25.2 Å². The monoisotopic (exact) mass is 875 g/mol. The number of anilines is 3. The summed E-state index contributed by atoms with van der Waals surface area (Å²) in [7, 11) is 3.43. The highest BCUT2D eigenvalue weighted by Gasteiger charge is 2.42. The number of methoxy groups -OCH3 is 1. The molecule has 0 bridgehead atoms. The number of hydrogen-bond acceptors (Lipinski definition) is 12. The molecular weight excluding hydrogens is 815 g/mol. The first-order valence-corrected chi connectivity index (χ1v) is 23.1. The SMILES string of the molecule is CC[C@@H]1C(=O)N(C)c2cnc(Cc3ccc(C(=O)CC4CCN(CCNCCCCC(=O)Nc5cccc6c5CN(C5CCC(=O)NC5=O)C6=O)C4)cc3OC)nc2N1C1CCCC1. The maximum Gasteiger partial charge on any atom is 0.255 e. The number of fused-ring (bicyclic) bond motifs is 2. The Hall–Kier alpha value is -5.74. The minimum atomic E-state index is -0.707. The molecule has 3 fully saturated rings. The van der Waals surface area contributed by atoms with E-state index in [0.717, 1.165) is 88.3 Å². The van der Waals surface area contributed by atoms with E-state index in [9.17, 15) is 28.8 Å². The molecule has 16 heteroatoms. The van der Waals surface area contributed by atoms with Crippen LogP contribution in [0.15, 0.2) is 42.6 Å². The Morgan fingerprint density at radius 1 is 1.00 bits per heavy atom. The molecule has 2 saturated heterocycles. The van der Waals surface area contributed by atoms with Crippen molar-refractivity contribution in [2.45, 2.75) is 115 Å². The lowest BCUT2D eigenvalue weighted by atomic mass is 9.96. The average Bonchev–Trinajstić information content (AvgIpc) is 4.06. The molecule has 3 aromatic rings. The van der Waals surface area contributed by atoms with Crippen molar-refractivity contribution in [3.63, 3.8) is 0 Å². The van der Waals surface area contributed by atoms with Crippen molar-refractivity contribution < 1.29 is 33.5 Å². The number of piperidine rings is 1. The number of Topliss-reactive ketones (excluding diaryl/α,β-unsaturated/α-hetero) is 1. The number of carbonyl (C=O) groups is 6. The second-order valence-electron chi connectivity index (χ2n) is 17.9. The summed E-state index contributed by atoms with van der Waals surface area (Å²) in [6.45, 7) is 6.57. The summed E-state index contributed by atoms with van der Waals surface area (Å²) in [6.07, 6.45) is 11.2. The fourth-order valence-electron chi connectivity index (χ4n) is 10.2. The lowest BCUT2D eigenvalue weighted by molar-refractivity contribution is -0.137. The van der Waals surface area contributed by atoms with Crippen molar-refractivity contribution in [1.82, 2.24) is 30.4 Å². The molecule has 4 aliphatic heterocycles. The highest BCUT2D eigenvalue weighted by Crippen LogP contribution is 2.40. The van der Waals surface area contributed by atoms with Crippen LogP contribution < -0.4 is 30.5 Å². The summed E-state index contributed by atoms with van der Waals surface area (Å²) >= 11 is 0. The molecule has 3 N–H and O–H groups in total. The van der Waals surface area contributed by atoms with Crippen LogP contribution >= 0.6 is 0 Å². The molecule has 5 amide bonds. The second-order valence-corrected chi connectivity index (χ2v) is 17.9. The Morgan fingerprint density at radius 2 is 1.83 bits per heavy atom.